The molecule has 1 atom stereocenters. The summed E-state index contributed by atoms with van der Waals surface area (Å²) in [5, 5.41) is 3.52. The molecule has 18 heavy (non-hydrogen) atoms. The average molecular weight is 251 g/mol. The van der Waals surface area contributed by atoms with Crippen LogP contribution < -0.4 is 10.1 Å². The number of benzene rings is 1. The van der Waals surface area contributed by atoms with E-state index in [9.17, 15) is 4.39 Å². The maximum absolute atomic E-state index is 14.3. The Morgan fingerprint density at radius 1 is 1.33 bits per heavy atom. The van der Waals surface area contributed by atoms with E-state index in [4.69, 9.17) is 4.74 Å². The quantitative estimate of drug-likeness (QED) is 0.869. The third-order valence-corrected chi connectivity index (χ3v) is 4.07. The van der Waals surface area contributed by atoms with Gasteiger partial charge in [0.25, 0.3) is 0 Å². The first-order chi connectivity index (χ1) is 8.40. The molecule has 0 amide bonds. The topological polar surface area (TPSA) is 21.3 Å². The van der Waals surface area contributed by atoms with Gasteiger partial charge in [0.15, 0.2) is 0 Å². The van der Waals surface area contributed by atoms with Crippen molar-refractivity contribution in [1.29, 1.82) is 0 Å². The van der Waals surface area contributed by atoms with E-state index < -0.39 is 0 Å². The highest BCUT2D eigenvalue weighted by molar-refractivity contribution is 5.35. The summed E-state index contributed by atoms with van der Waals surface area (Å²) in [4.78, 5) is 0. The molecule has 0 aliphatic carbocycles. The molecule has 1 aliphatic heterocycles. The van der Waals surface area contributed by atoms with E-state index >= 15 is 0 Å². The van der Waals surface area contributed by atoms with Gasteiger partial charge < -0.3 is 10.1 Å². The Labute approximate surface area is 109 Å². The van der Waals surface area contributed by atoms with Crippen molar-refractivity contribution in [2.45, 2.75) is 39.2 Å². The molecule has 3 heteroatoms. The molecule has 1 aliphatic rings. The summed E-state index contributed by atoms with van der Waals surface area (Å²) >= 11 is 0. The Kier molecular flexibility index (Phi) is 3.37. The van der Waals surface area contributed by atoms with Crippen molar-refractivity contribution in [3.8, 4) is 5.75 Å². The van der Waals surface area contributed by atoms with Gasteiger partial charge in [0.1, 0.15) is 11.6 Å². The van der Waals surface area contributed by atoms with Gasteiger partial charge in [0.2, 0.25) is 0 Å². The van der Waals surface area contributed by atoms with Crippen LogP contribution in [-0.4, -0.2) is 13.7 Å². The van der Waals surface area contributed by atoms with Gasteiger partial charge in [-0.2, -0.15) is 0 Å². The SMILES string of the molecule is COc1ccc(C2(C(C)(C)C)CCCN2)c(F)c1. The van der Waals surface area contributed by atoms with Crippen molar-refractivity contribution < 1.29 is 9.13 Å². The van der Waals surface area contributed by atoms with Crippen LogP contribution in [0.5, 0.6) is 5.75 Å². The zero-order valence-electron chi connectivity index (χ0n) is 11.6. The molecule has 0 aromatic heterocycles. The minimum Gasteiger partial charge on any atom is -0.497 e. The molecular weight excluding hydrogens is 229 g/mol. The monoisotopic (exact) mass is 251 g/mol. The first-order valence-corrected chi connectivity index (χ1v) is 6.50. The lowest BCUT2D eigenvalue weighted by Crippen LogP contribution is -2.48. The first kappa shape index (κ1) is 13.3. The molecule has 2 rings (SSSR count). The van der Waals surface area contributed by atoms with Crippen LogP contribution in [0.3, 0.4) is 0 Å². The molecule has 0 radical (unpaired) electrons. The fourth-order valence-corrected chi connectivity index (χ4v) is 2.99. The third kappa shape index (κ3) is 2.01. The maximum atomic E-state index is 14.3. The Hall–Kier alpha value is -1.09. The molecular formula is C15H22FNO. The van der Waals surface area contributed by atoms with Crippen LogP contribution in [-0.2, 0) is 5.54 Å². The fraction of sp³-hybridized carbons (Fsp3) is 0.600. The molecule has 1 aromatic carbocycles. The molecule has 1 unspecified atom stereocenters. The molecule has 1 fully saturated rings. The summed E-state index contributed by atoms with van der Waals surface area (Å²) < 4.78 is 19.4. The lowest BCUT2D eigenvalue weighted by Gasteiger charge is -2.43. The minimum absolute atomic E-state index is 0.0288. The van der Waals surface area contributed by atoms with Crippen molar-refractivity contribution in [3.63, 3.8) is 0 Å². The number of halogens is 1. The summed E-state index contributed by atoms with van der Waals surface area (Å²) in [5.41, 5.74) is 0.454. The van der Waals surface area contributed by atoms with Crippen molar-refractivity contribution in [1.82, 2.24) is 5.32 Å². The van der Waals surface area contributed by atoms with Crippen LogP contribution in [0.25, 0.3) is 0 Å². The van der Waals surface area contributed by atoms with E-state index in [1.165, 1.54) is 6.07 Å². The van der Waals surface area contributed by atoms with Crippen LogP contribution in [0, 0.1) is 11.2 Å². The van der Waals surface area contributed by atoms with Crippen molar-refractivity contribution in [2.75, 3.05) is 13.7 Å². The predicted molar refractivity (Wildman–Crippen MR) is 71.3 cm³/mol. The van der Waals surface area contributed by atoms with E-state index in [0.717, 1.165) is 24.9 Å². The summed E-state index contributed by atoms with van der Waals surface area (Å²) in [7, 11) is 1.56. The Morgan fingerprint density at radius 3 is 2.50 bits per heavy atom. The molecule has 1 aromatic rings. The number of rotatable bonds is 2. The van der Waals surface area contributed by atoms with Crippen LogP contribution >= 0.6 is 0 Å². The number of hydrogen-bond acceptors (Lipinski definition) is 2. The van der Waals surface area contributed by atoms with E-state index in [-0.39, 0.29) is 16.8 Å². The zero-order chi connectivity index (χ0) is 13.4. The lowest BCUT2D eigenvalue weighted by atomic mass is 9.68. The van der Waals surface area contributed by atoms with Gasteiger partial charge in [-0.15, -0.1) is 0 Å². The molecule has 1 saturated heterocycles. The number of nitrogens with one attached hydrogen (secondary N) is 1. The van der Waals surface area contributed by atoms with Crippen LogP contribution in [0.1, 0.15) is 39.2 Å². The standard InChI is InChI=1S/C15H22FNO/c1-14(2,3)15(8-5-9-17-15)12-7-6-11(18-4)10-13(12)16/h6-7,10,17H,5,8-9H2,1-4H3. The van der Waals surface area contributed by atoms with E-state index in [0.29, 0.717) is 5.75 Å². The minimum atomic E-state index is -0.274. The molecule has 0 saturated carbocycles. The van der Waals surface area contributed by atoms with Gasteiger partial charge in [-0.3, -0.25) is 0 Å². The fourth-order valence-electron chi connectivity index (χ4n) is 2.99. The molecule has 1 heterocycles. The highest BCUT2D eigenvalue weighted by Crippen LogP contribution is 2.46. The maximum Gasteiger partial charge on any atom is 0.131 e. The van der Waals surface area contributed by atoms with Crippen LogP contribution in [0.4, 0.5) is 4.39 Å². The highest BCUT2D eigenvalue weighted by Gasteiger charge is 2.46. The second-order valence-corrected chi connectivity index (χ2v) is 6.03. The van der Waals surface area contributed by atoms with Gasteiger partial charge in [0, 0.05) is 11.6 Å². The van der Waals surface area contributed by atoms with Gasteiger partial charge in [-0.05, 0) is 30.9 Å². The number of methoxy groups -OCH3 is 1. The van der Waals surface area contributed by atoms with Crippen LogP contribution in [0.15, 0.2) is 18.2 Å². The molecule has 0 bridgehead atoms. The number of ether oxygens (including phenoxy) is 1. The highest BCUT2D eigenvalue weighted by atomic mass is 19.1. The largest absolute Gasteiger partial charge is 0.497 e. The smallest absolute Gasteiger partial charge is 0.131 e. The second-order valence-electron chi connectivity index (χ2n) is 6.03. The summed E-state index contributed by atoms with van der Waals surface area (Å²) in [6, 6.07) is 5.17. The van der Waals surface area contributed by atoms with Crippen LogP contribution in [0.2, 0.25) is 0 Å². The van der Waals surface area contributed by atoms with E-state index in [2.05, 4.69) is 26.1 Å². The molecule has 1 N–H and O–H groups in total. The van der Waals surface area contributed by atoms with Crippen molar-refractivity contribution >= 4 is 0 Å². The van der Waals surface area contributed by atoms with Gasteiger partial charge in [0.05, 0.1) is 12.6 Å². The van der Waals surface area contributed by atoms with Gasteiger partial charge >= 0.3 is 0 Å². The second kappa shape index (κ2) is 4.54. The summed E-state index contributed by atoms with van der Waals surface area (Å²) in [5.74, 6) is 0.386. The normalized spacial score (nSPS) is 24.3. The predicted octanol–water partition coefficient (Wildman–Crippen LogP) is 3.46. The van der Waals surface area contributed by atoms with E-state index in [1.54, 1.807) is 7.11 Å². The third-order valence-electron chi connectivity index (χ3n) is 4.07. The lowest BCUT2D eigenvalue weighted by molar-refractivity contribution is 0.155. The number of hydrogen-bond donors (Lipinski definition) is 1. The van der Waals surface area contributed by atoms with Gasteiger partial charge in [-0.1, -0.05) is 26.8 Å². The first-order valence-electron chi connectivity index (χ1n) is 6.50. The Bertz CT molecular complexity index is 431. The molecule has 2 nitrogen and oxygen atoms in total. The van der Waals surface area contributed by atoms with E-state index in [1.807, 2.05) is 12.1 Å². The molecule has 0 spiro atoms. The van der Waals surface area contributed by atoms with Crippen molar-refractivity contribution in [2.24, 2.45) is 5.41 Å². The average Bonchev–Trinajstić information content (AvgIpc) is 2.78. The Morgan fingerprint density at radius 2 is 2.06 bits per heavy atom. The zero-order valence-corrected chi connectivity index (χ0v) is 11.6. The van der Waals surface area contributed by atoms with Gasteiger partial charge in [-0.25, -0.2) is 4.39 Å². The van der Waals surface area contributed by atoms with Crippen molar-refractivity contribution in [3.05, 3.63) is 29.6 Å². The summed E-state index contributed by atoms with van der Waals surface area (Å²) in [6.07, 6.45) is 2.06. The summed E-state index contributed by atoms with van der Waals surface area (Å²) in [6.45, 7) is 7.43. The molecule has 100 valence electrons. The Balaban J connectivity index is 2.50.